The van der Waals surface area contributed by atoms with Crippen LogP contribution >= 0.6 is 23.2 Å². The number of benzene rings is 1. The van der Waals surface area contributed by atoms with Gasteiger partial charge in [-0.05, 0) is 18.2 Å². The number of hydrogen-bond acceptors (Lipinski definition) is 4. The highest BCUT2D eigenvalue weighted by atomic mass is 35.5. The van der Waals surface area contributed by atoms with Crippen molar-refractivity contribution in [1.29, 1.82) is 0 Å². The van der Waals surface area contributed by atoms with Gasteiger partial charge < -0.3 is 5.32 Å². The summed E-state index contributed by atoms with van der Waals surface area (Å²) in [5.41, 5.74) is 0.214. The molecule has 0 saturated heterocycles. The van der Waals surface area contributed by atoms with E-state index >= 15 is 0 Å². The van der Waals surface area contributed by atoms with Crippen LogP contribution in [0.4, 0.5) is 15.9 Å². The van der Waals surface area contributed by atoms with Crippen molar-refractivity contribution in [3.63, 3.8) is 0 Å². The van der Waals surface area contributed by atoms with E-state index in [1.165, 1.54) is 35.1 Å². The van der Waals surface area contributed by atoms with Crippen LogP contribution in [-0.2, 0) is 0 Å². The molecule has 8 heteroatoms. The molecule has 1 N–H and O–H groups in total. The molecule has 2 aromatic heterocycles. The summed E-state index contributed by atoms with van der Waals surface area (Å²) >= 11 is 11.7. The first-order valence-electron chi connectivity index (χ1n) is 5.22. The van der Waals surface area contributed by atoms with Gasteiger partial charge in [-0.15, -0.1) is 0 Å². The van der Waals surface area contributed by atoms with Crippen LogP contribution in [0.3, 0.4) is 0 Å². The molecule has 19 heavy (non-hydrogen) atoms. The standard InChI is InChI=1S/C11H6Cl2FN5/c12-6-1-2-7(14)8(3-6)17-10-4-9(13)18-11-15-5-16-19(10)11/h1-5,17H. The lowest BCUT2D eigenvalue weighted by Gasteiger charge is -2.09. The van der Waals surface area contributed by atoms with Crippen LogP contribution in [0.15, 0.2) is 30.6 Å². The molecule has 0 atom stereocenters. The third kappa shape index (κ3) is 2.32. The first-order valence-corrected chi connectivity index (χ1v) is 5.97. The van der Waals surface area contributed by atoms with Gasteiger partial charge in [-0.1, -0.05) is 23.2 Å². The predicted molar refractivity (Wildman–Crippen MR) is 70.5 cm³/mol. The lowest BCUT2D eigenvalue weighted by Crippen LogP contribution is -2.02. The Balaban J connectivity index is 2.10. The molecular weight excluding hydrogens is 292 g/mol. The van der Waals surface area contributed by atoms with Crippen molar-refractivity contribution in [3.8, 4) is 0 Å². The second-order valence-corrected chi connectivity index (χ2v) is 4.51. The molecule has 3 rings (SSSR count). The van der Waals surface area contributed by atoms with E-state index in [9.17, 15) is 4.39 Å². The normalized spacial score (nSPS) is 10.9. The Morgan fingerprint density at radius 1 is 1.21 bits per heavy atom. The summed E-state index contributed by atoms with van der Waals surface area (Å²) in [6.45, 7) is 0. The molecule has 0 bridgehead atoms. The van der Waals surface area contributed by atoms with Gasteiger partial charge in [0.05, 0.1) is 5.69 Å². The van der Waals surface area contributed by atoms with Crippen LogP contribution in [0.5, 0.6) is 0 Å². The Hall–Kier alpha value is -1.92. The highest BCUT2D eigenvalue weighted by molar-refractivity contribution is 6.31. The number of nitrogens with one attached hydrogen (secondary N) is 1. The quantitative estimate of drug-likeness (QED) is 0.737. The maximum absolute atomic E-state index is 13.7. The Morgan fingerprint density at radius 2 is 2.05 bits per heavy atom. The van der Waals surface area contributed by atoms with Crippen LogP contribution in [0, 0.1) is 5.82 Å². The van der Waals surface area contributed by atoms with E-state index in [-0.39, 0.29) is 10.8 Å². The van der Waals surface area contributed by atoms with Crippen molar-refractivity contribution >= 4 is 40.5 Å². The summed E-state index contributed by atoms with van der Waals surface area (Å²) in [6.07, 6.45) is 1.33. The third-order valence-electron chi connectivity index (χ3n) is 2.41. The Kier molecular flexibility index (Phi) is 2.96. The topological polar surface area (TPSA) is 55.1 Å². The van der Waals surface area contributed by atoms with E-state index in [1.54, 1.807) is 0 Å². The maximum atomic E-state index is 13.7. The summed E-state index contributed by atoms with van der Waals surface area (Å²) in [5.74, 6) is 0.316. The molecule has 0 aliphatic heterocycles. The van der Waals surface area contributed by atoms with Crippen molar-refractivity contribution < 1.29 is 4.39 Å². The van der Waals surface area contributed by atoms with Gasteiger partial charge in [0.15, 0.2) is 0 Å². The molecular formula is C11H6Cl2FN5. The fourth-order valence-electron chi connectivity index (χ4n) is 1.60. The first-order chi connectivity index (χ1) is 9.13. The third-order valence-corrected chi connectivity index (χ3v) is 2.84. The summed E-state index contributed by atoms with van der Waals surface area (Å²) in [7, 11) is 0. The second-order valence-electron chi connectivity index (χ2n) is 3.69. The molecule has 3 aromatic rings. The molecule has 0 radical (unpaired) electrons. The Morgan fingerprint density at radius 3 is 2.89 bits per heavy atom. The van der Waals surface area contributed by atoms with Crippen LogP contribution in [-0.4, -0.2) is 19.6 Å². The zero-order chi connectivity index (χ0) is 13.4. The molecule has 0 unspecified atom stereocenters. The molecule has 0 aliphatic carbocycles. The fraction of sp³-hybridized carbons (Fsp3) is 0. The van der Waals surface area contributed by atoms with E-state index < -0.39 is 5.82 Å². The van der Waals surface area contributed by atoms with Crippen LogP contribution < -0.4 is 5.32 Å². The van der Waals surface area contributed by atoms with Crippen molar-refractivity contribution in [2.75, 3.05) is 5.32 Å². The van der Waals surface area contributed by atoms with Gasteiger partial charge in [0.25, 0.3) is 5.78 Å². The lowest BCUT2D eigenvalue weighted by molar-refractivity contribution is 0.631. The number of halogens is 3. The molecule has 0 spiro atoms. The number of rotatable bonds is 2. The number of hydrogen-bond donors (Lipinski definition) is 1. The highest BCUT2D eigenvalue weighted by Gasteiger charge is 2.09. The largest absolute Gasteiger partial charge is 0.338 e. The average molecular weight is 298 g/mol. The van der Waals surface area contributed by atoms with E-state index in [4.69, 9.17) is 23.2 Å². The van der Waals surface area contributed by atoms with Crippen molar-refractivity contribution in [2.45, 2.75) is 0 Å². The van der Waals surface area contributed by atoms with Gasteiger partial charge in [0.2, 0.25) is 0 Å². The highest BCUT2D eigenvalue weighted by Crippen LogP contribution is 2.24. The minimum Gasteiger partial charge on any atom is -0.338 e. The Bertz CT molecular complexity index is 758. The van der Waals surface area contributed by atoms with E-state index in [0.29, 0.717) is 16.6 Å². The van der Waals surface area contributed by atoms with E-state index in [0.717, 1.165) is 0 Å². The zero-order valence-electron chi connectivity index (χ0n) is 9.31. The van der Waals surface area contributed by atoms with Gasteiger partial charge in [0, 0.05) is 11.1 Å². The number of anilines is 2. The molecule has 0 aliphatic rings. The minimum atomic E-state index is -0.439. The van der Waals surface area contributed by atoms with Gasteiger partial charge in [-0.2, -0.15) is 19.6 Å². The summed E-state index contributed by atoms with van der Waals surface area (Å²) in [6, 6.07) is 5.72. The minimum absolute atomic E-state index is 0.214. The maximum Gasteiger partial charge on any atom is 0.255 e. The van der Waals surface area contributed by atoms with E-state index in [2.05, 4.69) is 20.4 Å². The summed E-state index contributed by atoms with van der Waals surface area (Å²) in [5, 5.41) is 7.48. The lowest BCUT2D eigenvalue weighted by atomic mass is 10.3. The number of aromatic nitrogens is 4. The van der Waals surface area contributed by atoms with Crippen molar-refractivity contribution in [1.82, 2.24) is 19.6 Å². The molecule has 0 amide bonds. The molecule has 1 aromatic carbocycles. The fourth-order valence-corrected chi connectivity index (χ4v) is 1.95. The zero-order valence-corrected chi connectivity index (χ0v) is 10.8. The van der Waals surface area contributed by atoms with Crippen LogP contribution in [0.25, 0.3) is 5.78 Å². The molecule has 2 heterocycles. The van der Waals surface area contributed by atoms with Crippen molar-refractivity contribution in [3.05, 3.63) is 46.6 Å². The SMILES string of the molecule is Fc1ccc(Cl)cc1Nc1cc(Cl)nc2ncnn12. The predicted octanol–water partition coefficient (Wildman–Crippen LogP) is 3.31. The molecule has 96 valence electrons. The van der Waals surface area contributed by atoms with E-state index in [1.807, 2.05) is 0 Å². The van der Waals surface area contributed by atoms with Gasteiger partial charge in [-0.3, -0.25) is 0 Å². The first kappa shape index (κ1) is 12.1. The molecule has 5 nitrogen and oxygen atoms in total. The summed E-state index contributed by atoms with van der Waals surface area (Å²) in [4.78, 5) is 7.89. The molecule has 0 saturated carbocycles. The number of nitrogens with zero attached hydrogens (tertiary/aromatic N) is 4. The smallest absolute Gasteiger partial charge is 0.255 e. The van der Waals surface area contributed by atoms with Gasteiger partial charge in [-0.25, -0.2) is 4.39 Å². The average Bonchev–Trinajstić information content (AvgIpc) is 2.82. The second kappa shape index (κ2) is 4.64. The summed E-state index contributed by atoms with van der Waals surface area (Å²) < 4.78 is 15.1. The van der Waals surface area contributed by atoms with Gasteiger partial charge in [0.1, 0.15) is 23.1 Å². The van der Waals surface area contributed by atoms with Crippen molar-refractivity contribution in [2.24, 2.45) is 0 Å². The molecule has 0 fully saturated rings. The monoisotopic (exact) mass is 297 g/mol. The van der Waals surface area contributed by atoms with Gasteiger partial charge >= 0.3 is 0 Å². The Labute approximate surface area is 117 Å². The van der Waals surface area contributed by atoms with Crippen LogP contribution in [0.1, 0.15) is 0 Å². The number of fused-ring (bicyclic) bond motifs is 1. The van der Waals surface area contributed by atoms with Crippen LogP contribution in [0.2, 0.25) is 10.2 Å².